The van der Waals surface area contributed by atoms with Crippen molar-refractivity contribution < 1.29 is 9.53 Å². The summed E-state index contributed by atoms with van der Waals surface area (Å²) in [6.07, 6.45) is 5.33. The number of aromatic amines is 1. The minimum Gasteiger partial charge on any atom is -0.378 e. The first-order valence-corrected chi connectivity index (χ1v) is 5.96. The molecule has 1 aliphatic rings. The smallest absolute Gasteiger partial charge is 0.223 e. The first-order valence-electron chi connectivity index (χ1n) is 5.96. The van der Waals surface area contributed by atoms with Crippen LogP contribution in [0.3, 0.4) is 0 Å². The third-order valence-corrected chi connectivity index (χ3v) is 3.59. The fourth-order valence-corrected chi connectivity index (χ4v) is 2.13. The van der Waals surface area contributed by atoms with Crippen LogP contribution in [-0.2, 0) is 16.1 Å². The van der Waals surface area contributed by atoms with Crippen molar-refractivity contribution in [1.29, 1.82) is 0 Å². The van der Waals surface area contributed by atoms with Gasteiger partial charge in [-0.25, -0.2) is 0 Å². The van der Waals surface area contributed by atoms with Crippen molar-refractivity contribution in [3.63, 3.8) is 0 Å². The van der Waals surface area contributed by atoms with E-state index in [1.165, 1.54) is 0 Å². The largest absolute Gasteiger partial charge is 0.378 e. The second-order valence-electron chi connectivity index (χ2n) is 4.71. The van der Waals surface area contributed by atoms with Gasteiger partial charge in [0.15, 0.2) is 0 Å². The van der Waals surface area contributed by atoms with Crippen molar-refractivity contribution in [3.8, 4) is 0 Å². The lowest BCUT2D eigenvalue weighted by molar-refractivity contribution is -0.134. The molecule has 0 aromatic carbocycles. The van der Waals surface area contributed by atoms with Crippen molar-refractivity contribution in [1.82, 2.24) is 15.5 Å². The summed E-state index contributed by atoms with van der Waals surface area (Å²) >= 11 is 0. The molecule has 17 heavy (non-hydrogen) atoms. The molecule has 0 saturated heterocycles. The van der Waals surface area contributed by atoms with Gasteiger partial charge in [-0.3, -0.25) is 9.89 Å². The van der Waals surface area contributed by atoms with E-state index in [0.29, 0.717) is 13.0 Å². The molecule has 1 aromatic rings. The number of amides is 1. The van der Waals surface area contributed by atoms with Gasteiger partial charge in [0.25, 0.3) is 0 Å². The van der Waals surface area contributed by atoms with Gasteiger partial charge in [-0.05, 0) is 26.2 Å². The fraction of sp³-hybridized carbons (Fsp3) is 0.667. The van der Waals surface area contributed by atoms with E-state index in [0.717, 1.165) is 30.5 Å². The summed E-state index contributed by atoms with van der Waals surface area (Å²) in [5.74, 6) is 0.0483. The van der Waals surface area contributed by atoms with Crippen molar-refractivity contribution in [2.45, 2.75) is 44.8 Å². The van der Waals surface area contributed by atoms with Gasteiger partial charge < -0.3 is 10.1 Å². The number of carbonyl (C=O) groups excluding carboxylic acids is 1. The monoisotopic (exact) mass is 237 g/mol. The minimum atomic E-state index is -0.199. The van der Waals surface area contributed by atoms with Crippen LogP contribution < -0.4 is 5.32 Å². The van der Waals surface area contributed by atoms with Gasteiger partial charge >= 0.3 is 0 Å². The first-order chi connectivity index (χ1) is 8.15. The lowest BCUT2D eigenvalue weighted by atomic mass is 9.77. The number of aryl methyl sites for hydroxylation is 1. The second-order valence-corrected chi connectivity index (χ2v) is 4.71. The molecule has 2 rings (SSSR count). The SMILES string of the molecule is COC1(CC(=O)NCc2cn[nH]c2C)CCC1. The molecule has 1 amide bonds. The van der Waals surface area contributed by atoms with Crippen LogP contribution in [0.5, 0.6) is 0 Å². The predicted octanol–water partition coefficient (Wildman–Crippen LogP) is 1.29. The Hall–Kier alpha value is -1.36. The van der Waals surface area contributed by atoms with Crippen LogP contribution in [-0.4, -0.2) is 28.8 Å². The molecular weight excluding hydrogens is 218 g/mol. The average molecular weight is 237 g/mol. The zero-order valence-corrected chi connectivity index (χ0v) is 10.4. The number of nitrogens with zero attached hydrogens (tertiary/aromatic N) is 1. The molecule has 0 unspecified atom stereocenters. The van der Waals surface area contributed by atoms with E-state index in [9.17, 15) is 4.79 Å². The maximum Gasteiger partial charge on any atom is 0.223 e. The Morgan fingerprint density at radius 3 is 2.88 bits per heavy atom. The summed E-state index contributed by atoms with van der Waals surface area (Å²) in [5, 5.41) is 9.67. The van der Waals surface area contributed by atoms with Crippen molar-refractivity contribution in [3.05, 3.63) is 17.5 Å². The van der Waals surface area contributed by atoms with Gasteiger partial charge in [-0.1, -0.05) is 0 Å². The van der Waals surface area contributed by atoms with Gasteiger partial charge in [0.05, 0.1) is 18.2 Å². The molecular formula is C12H19N3O2. The van der Waals surface area contributed by atoms with Crippen LogP contribution in [0.1, 0.15) is 36.9 Å². The maximum absolute atomic E-state index is 11.8. The zero-order valence-electron chi connectivity index (χ0n) is 10.4. The molecule has 1 heterocycles. The Bertz CT molecular complexity index is 391. The molecule has 0 aliphatic heterocycles. The molecule has 1 fully saturated rings. The van der Waals surface area contributed by atoms with E-state index in [4.69, 9.17) is 4.74 Å². The number of carbonyl (C=O) groups is 1. The Balaban J connectivity index is 1.80. The van der Waals surface area contributed by atoms with Gasteiger partial charge in [-0.15, -0.1) is 0 Å². The average Bonchev–Trinajstić information content (AvgIpc) is 2.67. The second kappa shape index (κ2) is 4.87. The van der Waals surface area contributed by atoms with E-state index in [1.807, 2.05) is 6.92 Å². The summed E-state index contributed by atoms with van der Waals surface area (Å²) in [4.78, 5) is 11.8. The highest BCUT2D eigenvalue weighted by molar-refractivity contribution is 5.77. The van der Waals surface area contributed by atoms with Crippen molar-refractivity contribution >= 4 is 5.91 Å². The predicted molar refractivity (Wildman–Crippen MR) is 63.4 cm³/mol. The summed E-state index contributed by atoms with van der Waals surface area (Å²) in [7, 11) is 1.69. The van der Waals surface area contributed by atoms with E-state index in [2.05, 4.69) is 15.5 Å². The molecule has 0 bridgehead atoms. The van der Waals surface area contributed by atoms with E-state index in [-0.39, 0.29) is 11.5 Å². The molecule has 0 radical (unpaired) electrons. The highest BCUT2D eigenvalue weighted by Gasteiger charge is 2.38. The molecule has 0 spiro atoms. The highest BCUT2D eigenvalue weighted by atomic mass is 16.5. The molecule has 5 nitrogen and oxygen atoms in total. The number of rotatable bonds is 5. The quantitative estimate of drug-likeness (QED) is 0.811. The van der Waals surface area contributed by atoms with Gasteiger partial charge in [0, 0.05) is 24.9 Å². The number of ether oxygens (including phenoxy) is 1. The van der Waals surface area contributed by atoms with Crippen LogP contribution in [0.4, 0.5) is 0 Å². The van der Waals surface area contributed by atoms with Crippen LogP contribution in [0.25, 0.3) is 0 Å². The van der Waals surface area contributed by atoms with Gasteiger partial charge in [0.1, 0.15) is 0 Å². The van der Waals surface area contributed by atoms with Crippen LogP contribution in [0, 0.1) is 6.92 Å². The Labute approximate surface area is 101 Å². The first kappa shape index (κ1) is 12.1. The number of methoxy groups -OCH3 is 1. The number of H-pyrrole nitrogens is 1. The molecule has 1 aromatic heterocycles. The van der Waals surface area contributed by atoms with Gasteiger partial charge in [-0.2, -0.15) is 5.10 Å². The Morgan fingerprint density at radius 1 is 1.65 bits per heavy atom. The Kier molecular flexibility index (Phi) is 3.47. The third-order valence-electron chi connectivity index (χ3n) is 3.59. The molecule has 0 atom stereocenters. The number of aromatic nitrogens is 2. The van der Waals surface area contributed by atoms with Crippen LogP contribution in [0.15, 0.2) is 6.20 Å². The molecule has 1 aliphatic carbocycles. The molecule has 5 heteroatoms. The molecule has 2 N–H and O–H groups in total. The van der Waals surface area contributed by atoms with Crippen LogP contribution in [0.2, 0.25) is 0 Å². The lowest BCUT2D eigenvalue weighted by Crippen LogP contribution is -2.43. The zero-order chi connectivity index (χ0) is 12.3. The standard InChI is InChI=1S/C12H19N3O2/c1-9-10(8-14-15-9)7-13-11(16)6-12(17-2)4-3-5-12/h8H,3-7H2,1-2H3,(H,13,16)(H,14,15). The number of nitrogens with one attached hydrogen (secondary N) is 2. The molecule has 1 saturated carbocycles. The van der Waals surface area contributed by atoms with Crippen molar-refractivity contribution in [2.75, 3.05) is 7.11 Å². The number of hydrogen-bond donors (Lipinski definition) is 2. The number of hydrogen-bond acceptors (Lipinski definition) is 3. The summed E-state index contributed by atoms with van der Waals surface area (Å²) in [5.41, 5.74) is 1.82. The summed E-state index contributed by atoms with van der Waals surface area (Å²) in [6, 6.07) is 0. The normalized spacial score (nSPS) is 17.5. The fourth-order valence-electron chi connectivity index (χ4n) is 2.13. The topological polar surface area (TPSA) is 67.0 Å². The van der Waals surface area contributed by atoms with E-state index >= 15 is 0 Å². The van der Waals surface area contributed by atoms with Crippen LogP contribution >= 0.6 is 0 Å². The van der Waals surface area contributed by atoms with E-state index in [1.54, 1.807) is 13.3 Å². The molecule has 94 valence electrons. The third kappa shape index (κ3) is 2.66. The van der Waals surface area contributed by atoms with E-state index < -0.39 is 0 Å². The highest BCUT2D eigenvalue weighted by Crippen LogP contribution is 2.37. The maximum atomic E-state index is 11.8. The van der Waals surface area contributed by atoms with Gasteiger partial charge in [0.2, 0.25) is 5.91 Å². The summed E-state index contributed by atoms with van der Waals surface area (Å²) < 4.78 is 5.43. The minimum absolute atomic E-state index is 0.0483. The van der Waals surface area contributed by atoms with Crippen molar-refractivity contribution in [2.24, 2.45) is 0 Å². The lowest BCUT2D eigenvalue weighted by Gasteiger charge is -2.39. The summed E-state index contributed by atoms with van der Waals surface area (Å²) in [6.45, 7) is 2.47. The Morgan fingerprint density at radius 2 is 2.41 bits per heavy atom.